The highest BCUT2D eigenvalue weighted by atomic mass is 16.1. The lowest BCUT2D eigenvalue weighted by Crippen LogP contribution is -2.34. The number of carbonyl (C=O) groups excluding carboxylic acids is 2. The number of nitrogens with zero attached hydrogens (tertiary/aromatic N) is 2. The zero-order valence-corrected chi connectivity index (χ0v) is 18.5. The van der Waals surface area contributed by atoms with Gasteiger partial charge in [0.15, 0.2) is 11.6 Å². The van der Waals surface area contributed by atoms with Crippen molar-refractivity contribution in [1.29, 1.82) is 0 Å². The highest BCUT2D eigenvalue weighted by Crippen LogP contribution is 2.16. The monoisotopic (exact) mass is 418 g/mol. The van der Waals surface area contributed by atoms with Gasteiger partial charge in [-0.05, 0) is 75.5 Å². The Hall–Kier alpha value is -2.30. The van der Waals surface area contributed by atoms with Gasteiger partial charge in [0.2, 0.25) is 0 Å². The number of rotatable bonds is 8. The summed E-state index contributed by atoms with van der Waals surface area (Å²) in [6.45, 7) is 5.20. The van der Waals surface area contributed by atoms with E-state index in [0.717, 1.165) is 54.9 Å². The predicted octanol–water partition coefficient (Wildman–Crippen LogP) is 4.61. The third-order valence-electron chi connectivity index (χ3n) is 6.56. The molecule has 31 heavy (non-hydrogen) atoms. The topological polar surface area (TPSA) is 40.6 Å². The average molecular weight is 419 g/mol. The van der Waals surface area contributed by atoms with Gasteiger partial charge >= 0.3 is 0 Å². The lowest BCUT2D eigenvalue weighted by atomic mass is 9.99. The van der Waals surface area contributed by atoms with Crippen LogP contribution in [0.5, 0.6) is 0 Å². The molecule has 0 spiro atoms. The summed E-state index contributed by atoms with van der Waals surface area (Å²) in [4.78, 5) is 29.8. The third kappa shape index (κ3) is 6.34. The van der Waals surface area contributed by atoms with Crippen molar-refractivity contribution in [3.8, 4) is 0 Å². The minimum Gasteiger partial charge on any atom is -0.296 e. The molecule has 0 N–H and O–H groups in total. The van der Waals surface area contributed by atoms with Gasteiger partial charge in [0.05, 0.1) is 13.1 Å². The zero-order chi connectivity index (χ0) is 21.5. The summed E-state index contributed by atoms with van der Waals surface area (Å²) in [6.07, 6.45) is 8.13. The second kappa shape index (κ2) is 10.8. The van der Waals surface area contributed by atoms with E-state index in [-0.39, 0.29) is 11.6 Å². The van der Waals surface area contributed by atoms with Gasteiger partial charge in [-0.15, -0.1) is 0 Å². The Kier molecular flexibility index (Phi) is 7.66. The van der Waals surface area contributed by atoms with Crippen LogP contribution >= 0.6 is 0 Å². The van der Waals surface area contributed by atoms with Crippen LogP contribution in [-0.2, 0) is 6.42 Å². The molecule has 0 unspecified atom stereocenters. The van der Waals surface area contributed by atoms with Crippen molar-refractivity contribution in [2.24, 2.45) is 0 Å². The Bertz CT molecular complexity index is 878. The van der Waals surface area contributed by atoms with Gasteiger partial charge in [0, 0.05) is 11.1 Å². The first kappa shape index (κ1) is 21.9. The number of benzene rings is 2. The Morgan fingerprint density at radius 1 is 0.613 bits per heavy atom. The summed E-state index contributed by atoms with van der Waals surface area (Å²) in [5, 5.41) is 0. The van der Waals surface area contributed by atoms with Crippen LogP contribution in [0.4, 0.5) is 0 Å². The first-order valence-electron chi connectivity index (χ1n) is 11.9. The highest BCUT2D eigenvalue weighted by Gasteiger charge is 2.16. The molecule has 0 atom stereocenters. The molecule has 2 heterocycles. The van der Waals surface area contributed by atoms with Crippen LogP contribution in [0.1, 0.15) is 70.4 Å². The molecule has 0 bridgehead atoms. The minimum absolute atomic E-state index is 0.207. The van der Waals surface area contributed by atoms with Gasteiger partial charge in [-0.2, -0.15) is 0 Å². The molecule has 2 aromatic carbocycles. The summed E-state index contributed by atoms with van der Waals surface area (Å²) in [5.74, 6) is 0.418. The standard InChI is InChI=1S/C27H34N2O2/c30-26(20-28-14-3-1-4-15-28)24-12-10-22(11-13-24)18-23-8-7-9-25(19-23)27(31)21-29-16-5-2-6-17-29/h7-13,19H,1-6,14-18,20-21H2. The zero-order valence-electron chi connectivity index (χ0n) is 18.5. The first-order chi connectivity index (χ1) is 15.2. The summed E-state index contributed by atoms with van der Waals surface area (Å²) in [7, 11) is 0. The Balaban J connectivity index is 1.34. The second-order valence-corrected chi connectivity index (χ2v) is 9.09. The van der Waals surface area contributed by atoms with Gasteiger partial charge in [-0.3, -0.25) is 19.4 Å². The van der Waals surface area contributed by atoms with Crippen molar-refractivity contribution in [3.63, 3.8) is 0 Å². The maximum Gasteiger partial charge on any atom is 0.176 e. The van der Waals surface area contributed by atoms with Crippen LogP contribution in [0, 0.1) is 0 Å². The molecular formula is C27H34N2O2. The number of piperidine rings is 2. The molecule has 4 rings (SSSR count). The van der Waals surface area contributed by atoms with Crippen molar-refractivity contribution >= 4 is 11.6 Å². The summed E-state index contributed by atoms with van der Waals surface area (Å²) in [5.41, 5.74) is 3.89. The van der Waals surface area contributed by atoms with Crippen LogP contribution < -0.4 is 0 Å². The van der Waals surface area contributed by atoms with Crippen molar-refractivity contribution in [2.45, 2.75) is 44.9 Å². The summed E-state index contributed by atoms with van der Waals surface area (Å²) < 4.78 is 0. The van der Waals surface area contributed by atoms with E-state index >= 15 is 0 Å². The van der Waals surface area contributed by atoms with Crippen LogP contribution in [0.25, 0.3) is 0 Å². The highest BCUT2D eigenvalue weighted by molar-refractivity contribution is 5.98. The fourth-order valence-corrected chi connectivity index (χ4v) is 4.72. The van der Waals surface area contributed by atoms with Crippen LogP contribution in [0.15, 0.2) is 48.5 Å². The molecule has 2 saturated heterocycles. The molecule has 2 aliphatic heterocycles. The molecular weight excluding hydrogens is 384 g/mol. The lowest BCUT2D eigenvalue weighted by Gasteiger charge is -2.25. The van der Waals surface area contributed by atoms with E-state index in [4.69, 9.17) is 0 Å². The molecule has 0 saturated carbocycles. The normalized spacial score (nSPS) is 18.1. The third-order valence-corrected chi connectivity index (χ3v) is 6.56. The van der Waals surface area contributed by atoms with Crippen LogP contribution in [0.3, 0.4) is 0 Å². The van der Waals surface area contributed by atoms with Gasteiger partial charge in [-0.25, -0.2) is 0 Å². The molecule has 0 amide bonds. The molecule has 2 aliphatic rings. The molecule has 2 fully saturated rings. The summed E-state index contributed by atoms with van der Waals surface area (Å²) in [6, 6.07) is 16.0. The number of carbonyl (C=O) groups is 2. The largest absolute Gasteiger partial charge is 0.296 e. The summed E-state index contributed by atoms with van der Waals surface area (Å²) >= 11 is 0. The SMILES string of the molecule is O=C(CN1CCCCC1)c1ccc(Cc2cccc(C(=O)CN3CCCCC3)c2)cc1. The van der Waals surface area contributed by atoms with Crippen molar-refractivity contribution in [3.05, 3.63) is 70.8 Å². The average Bonchev–Trinajstić information content (AvgIpc) is 2.81. The van der Waals surface area contributed by atoms with Crippen molar-refractivity contribution in [2.75, 3.05) is 39.3 Å². The van der Waals surface area contributed by atoms with E-state index in [0.29, 0.717) is 13.1 Å². The van der Waals surface area contributed by atoms with Crippen molar-refractivity contribution < 1.29 is 9.59 Å². The quantitative estimate of drug-likeness (QED) is 0.587. The van der Waals surface area contributed by atoms with Crippen LogP contribution in [-0.4, -0.2) is 60.6 Å². The maximum atomic E-state index is 12.7. The molecule has 0 radical (unpaired) electrons. The van der Waals surface area contributed by atoms with Crippen LogP contribution in [0.2, 0.25) is 0 Å². The molecule has 0 aliphatic carbocycles. The van der Waals surface area contributed by atoms with E-state index in [9.17, 15) is 9.59 Å². The predicted molar refractivity (Wildman–Crippen MR) is 125 cm³/mol. The lowest BCUT2D eigenvalue weighted by molar-refractivity contribution is 0.0908. The van der Waals surface area contributed by atoms with E-state index in [1.165, 1.54) is 38.5 Å². The fraction of sp³-hybridized carbons (Fsp3) is 0.481. The van der Waals surface area contributed by atoms with Gasteiger partial charge in [0.1, 0.15) is 0 Å². The molecule has 2 aromatic rings. The number of hydrogen-bond acceptors (Lipinski definition) is 4. The Labute approximate surface area is 186 Å². The van der Waals surface area contributed by atoms with E-state index in [2.05, 4.69) is 15.9 Å². The number of ketones is 2. The molecule has 0 aromatic heterocycles. The van der Waals surface area contributed by atoms with Crippen molar-refractivity contribution in [1.82, 2.24) is 9.80 Å². The second-order valence-electron chi connectivity index (χ2n) is 9.09. The molecule has 4 heteroatoms. The van der Waals surface area contributed by atoms with E-state index in [1.54, 1.807) is 0 Å². The maximum absolute atomic E-state index is 12.7. The van der Waals surface area contributed by atoms with Gasteiger partial charge < -0.3 is 0 Å². The first-order valence-corrected chi connectivity index (χ1v) is 11.9. The fourth-order valence-electron chi connectivity index (χ4n) is 4.72. The van der Waals surface area contributed by atoms with E-state index < -0.39 is 0 Å². The Morgan fingerprint density at radius 2 is 1.16 bits per heavy atom. The Morgan fingerprint density at radius 3 is 1.74 bits per heavy atom. The van der Waals surface area contributed by atoms with Gasteiger partial charge in [-0.1, -0.05) is 55.3 Å². The number of Topliss-reactive ketones (excluding diaryl/α,β-unsaturated/α-hetero) is 2. The van der Waals surface area contributed by atoms with Gasteiger partial charge in [0.25, 0.3) is 0 Å². The minimum atomic E-state index is 0.207. The molecule has 4 nitrogen and oxygen atoms in total. The molecule has 164 valence electrons. The van der Waals surface area contributed by atoms with E-state index in [1.807, 2.05) is 42.5 Å². The number of likely N-dealkylation sites (tertiary alicyclic amines) is 2. The number of hydrogen-bond donors (Lipinski definition) is 0. The smallest absolute Gasteiger partial charge is 0.176 e.